The lowest BCUT2D eigenvalue weighted by molar-refractivity contribution is 0.357. The molecule has 1 unspecified atom stereocenters. The highest BCUT2D eigenvalue weighted by molar-refractivity contribution is 5.45. The van der Waals surface area contributed by atoms with Crippen LogP contribution in [-0.2, 0) is 6.42 Å². The molecular weight excluding hydrogens is 238 g/mol. The van der Waals surface area contributed by atoms with Crippen molar-refractivity contribution in [2.24, 2.45) is 0 Å². The molecule has 4 heteroatoms. The molecule has 98 valence electrons. The van der Waals surface area contributed by atoms with E-state index >= 15 is 0 Å². The fourth-order valence-electron chi connectivity index (χ4n) is 2.42. The molecule has 1 aliphatic rings. The lowest BCUT2D eigenvalue weighted by Crippen LogP contribution is -2.10. The maximum absolute atomic E-state index is 5.54. The van der Waals surface area contributed by atoms with E-state index in [1.807, 2.05) is 0 Å². The Hall–Kier alpha value is -2.10. The van der Waals surface area contributed by atoms with E-state index in [4.69, 9.17) is 4.74 Å². The zero-order valence-corrected chi connectivity index (χ0v) is 11.0. The summed E-state index contributed by atoms with van der Waals surface area (Å²) in [6.45, 7) is 2.97. The van der Waals surface area contributed by atoms with Crippen molar-refractivity contribution in [3.8, 4) is 5.75 Å². The van der Waals surface area contributed by atoms with E-state index in [0.717, 1.165) is 30.9 Å². The number of nitrogens with one attached hydrogen (secondary N) is 1. The van der Waals surface area contributed by atoms with Gasteiger partial charge >= 0.3 is 0 Å². The van der Waals surface area contributed by atoms with Gasteiger partial charge in [-0.3, -0.25) is 0 Å². The Labute approximate surface area is 112 Å². The summed E-state index contributed by atoms with van der Waals surface area (Å²) in [4.78, 5) is 8.06. The van der Waals surface area contributed by atoms with E-state index < -0.39 is 0 Å². The van der Waals surface area contributed by atoms with Gasteiger partial charge in [-0.05, 0) is 29.7 Å². The van der Waals surface area contributed by atoms with Crippen molar-refractivity contribution in [2.75, 3.05) is 11.9 Å². The lowest BCUT2D eigenvalue weighted by Gasteiger charge is -2.19. The minimum atomic E-state index is 0.275. The molecule has 19 heavy (non-hydrogen) atoms. The molecule has 1 aromatic carbocycles. The van der Waals surface area contributed by atoms with Crippen LogP contribution in [0.15, 0.2) is 36.9 Å². The van der Waals surface area contributed by atoms with E-state index in [-0.39, 0.29) is 6.04 Å². The predicted molar refractivity (Wildman–Crippen MR) is 74.3 cm³/mol. The highest BCUT2D eigenvalue weighted by Crippen LogP contribution is 2.30. The maximum Gasteiger partial charge on any atom is 0.122 e. The molecule has 1 N–H and O–H groups in total. The monoisotopic (exact) mass is 255 g/mol. The molecule has 0 aliphatic carbocycles. The van der Waals surface area contributed by atoms with Gasteiger partial charge in [-0.25, -0.2) is 9.97 Å². The van der Waals surface area contributed by atoms with E-state index in [2.05, 4.69) is 40.4 Å². The Bertz CT molecular complexity index is 557. The number of hydrogen-bond donors (Lipinski definition) is 1. The van der Waals surface area contributed by atoms with Gasteiger partial charge in [-0.1, -0.05) is 13.0 Å². The fraction of sp³-hybridized carbons (Fsp3) is 0.333. The predicted octanol–water partition coefficient (Wildman–Crippen LogP) is 2.97. The van der Waals surface area contributed by atoms with Crippen LogP contribution in [0.25, 0.3) is 0 Å². The summed E-state index contributed by atoms with van der Waals surface area (Å²) in [5.41, 5.74) is 3.55. The molecule has 0 bridgehead atoms. The van der Waals surface area contributed by atoms with Crippen LogP contribution in [0.4, 0.5) is 5.69 Å². The van der Waals surface area contributed by atoms with Crippen LogP contribution < -0.4 is 10.1 Å². The lowest BCUT2D eigenvalue weighted by atomic mass is 10.0. The van der Waals surface area contributed by atoms with Crippen molar-refractivity contribution < 1.29 is 4.74 Å². The van der Waals surface area contributed by atoms with Gasteiger partial charge in [0, 0.05) is 6.42 Å². The van der Waals surface area contributed by atoms with Gasteiger partial charge in [0.15, 0.2) is 0 Å². The van der Waals surface area contributed by atoms with Crippen molar-refractivity contribution in [3.05, 3.63) is 48.0 Å². The van der Waals surface area contributed by atoms with E-state index in [1.54, 1.807) is 18.7 Å². The van der Waals surface area contributed by atoms with Crippen LogP contribution >= 0.6 is 0 Å². The smallest absolute Gasteiger partial charge is 0.122 e. The van der Waals surface area contributed by atoms with Gasteiger partial charge in [0.25, 0.3) is 0 Å². The van der Waals surface area contributed by atoms with Gasteiger partial charge in [-0.15, -0.1) is 0 Å². The van der Waals surface area contributed by atoms with Crippen LogP contribution in [-0.4, -0.2) is 16.6 Å². The number of nitrogens with zero attached hydrogens (tertiary/aromatic N) is 2. The fourth-order valence-corrected chi connectivity index (χ4v) is 2.42. The quantitative estimate of drug-likeness (QED) is 0.912. The standard InChI is InChI=1S/C15H17N3O/c1-2-14(18-13-8-16-10-17-9-13)11-3-4-15-12(7-11)5-6-19-15/h3-4,7-10,14,18H,2,5-6H2,1H3. The van der Waals surface area contributed by atoms with Crippen molar-refractivity contribution in [1.82, 2.24) is 9.97 Å². The van der Waals surface area contributed by atoms with Gasteiger partial charge in [0.1, 0.15) is 12.1 Å². The van der Waals surface area contributed by atoms with Gasteiger partial charge in [0.2, 0.25) is 0 Å². The third-order valence-electron chi connectivity index (χ3n) is 3.43. The van der Waals surface area contributed by atoms with Crippen LogP contribution in [0, 0.1) is 0 Å². The first-order valence-electron chi connectivity index (χ1n) is 6.64. The molecule has 1 atom stereocenters. The second-order valence-electron chi connectivity index (χ2n) is 4.70. The third kappa shape index (κ3) is 2.52. The van der Waals surface area contributed by atoms with E-state index in [1.165, 1.54) is 11.1 Å². The van der Waals surface area contributed by atoms with Crippen molar-refractivity contribution >= 4 is 5.69 Å². The van der Waals surface area contributed by atoms with E-state index in [0.29, 0.717) is 0 Å². The topological polar surface area (TPSA) is 47.0 Å². The summed E-state index contributed by atoms with van der Waals surface area (Å²) in [5, 5.41) is 3.47. The van der Waals surface area contributed by atoms with Crippen molar-refractivity contribution in [2.45, 2.75) is 25.8 Å². The van der Waals surface area contributed by atoms with Crippen LogP contribution in [0.3, 0.4) is 0 Å². The molecule has 2 heterocycles. The summed E-state index contributed by atoms with van der Waals surface area (Å²) >= 11 is 0. The number of aromatic nitrogens is 2. The summed E-state index contributed by atoms with van der Waals surface area (Å²) in [5.74, 6) is 1.03. The van der Waals surface area contributed by atoms with Crippen LogP contribution in [0.5, 0.6) is 5.75 Å². The minimum absolute atomic E-state index is 0.275. The molecule has 0 saturated carbocycles. The Morgan fingerprint density at radius 3 is 2.95 bits per heavy atom. The number of anilines is 1. The average Bonchev–Trinajstić information content (AvgIpc) is 2.93. The van der Waals surface area contributed by atoms with Gasteiger partial charge in [0.05, 0.1) is 30.7 Å². The largest absolute Gasteiger partial charge is 0.493 e. The maximum atomic E-state index is 5.54. The zero-order chi connectivity index (χ0) is 13.1. The molecule has 0 fully saturated rings. The molecule has 1 aliphatic heterocycles. The molecule has 1 aromatic heterocycles. The second-order valence-corrected chi connectivity index (χ2v) is 4.70. The zero-order valence-electron chi connectivity index (χ0n) is 11.0. The molecule has 4 nitrogen and oxygen atoms in total. The minimum Gasteiger partial charge on any atom is -0.493 e. The first-order valence-corrected chi connectivity index (χ1v) is 6.64. The molecule has 0 amide bonds. The molecule has 2 aromatic rings. The number of benzene rings is 1. The first kappa shape index (κ1) is 12.0. The normalized spacial score (nSPS) is 14.6. The molecule has 3 rings (SSSR count). The van der Waals surface area contributed by atoms with Crippen LogP contribution in [0.1, 0.15) is 30.5 Å². The van der Waals surface area contributed by atoms with Crippen LogP contribution in [0.2, 0.25) is 0 Å². The average molecular weight is 255 g/mol. The molecule has 0 spiro atoms. The SMILES string of the molecule is CCC(Nc1cncnc1)c1ccc2c(c1)CCO2. The Morgan fingerprint density at radius 1 is 1.32 bits per heavy atom. The Kier molecular flexibility index (Phi) is 3.31. The number of fused-ring (bicyclic) bond motifs is 1. The second kappa shape index (κ2) is 5.26. The summed E-state index contributed by atoms with van der Waals surface area (Å²) in [6, 6.07) is 6.73. The molecular formula is C15H17N3O. The van der Waals surface area contributed by atoms with Crippen molar-refractivity contribution in [1.29, 1.82) is 0 Å². The highest BCUT2D eigenvalue weighted by atomic mass is 16.5. The van der Waals surface area contributed by atoms with Crippen molar-refractivity contribution in [3.63, 3.8) is 0 Å². The molecule has 0 radical (unpaired) electrons. The summed E-state index contributed by atoms with van der Waals surface area (Å²) < 4.78 is 5.54. The third-order valence-corrected chi connectivity index (χ3v) is 3.43. The summed E-state index contributed by atoms with van der Waals surface area (Å²) in [7, 11) is 0. The summed E-state index contributed by atoms with van der Waals surface area (Å²) in [6.07, 6.45) is 7.15. The highest BCUT2D eigenvalue weighted by Gasteiger charge is 2.16. The number of rotatable bonds is 4. The van der Waals surface area contributed by atoms with Gasteiger partial charge in [-0.2, -0.15) is 0 Å². The Morgan fingerprint density at radius 2 is 2.16 bits per heavy atom. The Balaban J connectivity index is 1.82. The van der Waals surface area contributed by atoms with E-state index in [9.17, 15) is 0 Å². The van der Waals surface area contributed by atoms with Gasteiger partial charge < -0.3 is 10.1 Å². The molecule has 0 saturated heterocycles. The number of hydrogen-bond acceptors (Lipinski definition) is 4. The first-order chi connectivity index (χ1) is 9.36. The number of ether oxygens (including phenoxy) is 1.